The van der Waals surface area contributed by atoms with Crippen molar-refractivity contribution in [2.24, 2.45) is 0 Å². The largest absolute Gasteiger partial charge is 0.462 e. The second-order valence-corrected chi connectivity index (χ2v) is 17.1. The molecule has 6 heteroatoms. The van der Waals surface area contributed by atoms with Gasteiger partial charge in [0.25, 0.3) is 0 Å². The van der Waals surface area contributed by atoms with Gasteiger partial charge in [0.15, 0.2) is 6.10 Å². The lowest BCUT2D eigenvalue weighted by Crippen LogP contribution is -2.30. The molecule has 0 aromatic rings. The first kappa shape index (κ1) is 55.2. The van der Waals surface area contributed by atoms with Crippen LogP contribution in [0.1, 0.15) is 278 Å². The van der Waals surface area contributed by atoms with Crippen LogP contribution in [-0.4, -0.2) is 37.2 Å². The number of carbonyl (C=O) groups is 3. The van der Waals surface area contributed by atoms with Gasteiger partial charge in [0, 0.05) is 19.3 Å². The minimum Gasteiger partial charge on any atom is -0.462 e. The fraction of sp³-hybridized carbons (Fsp3) is 0.902. The molecule has 0 bridgehead atoms. The van der Waals surface area contributed by atoms with Gasteiger partial charge >= 0.3 is 17.9 Å². The molecule has 0 radical (unpaired) electrons. The molecule has 0 heterocycles. The van der Waals surface area contributed by atoms with Gasteiger partial charge in [-0.25, -0.2) is 0 Å². The van der Waals surface area contributed by atoms with Crippen LogP contribution in [0.5, 0.6) is 0 Å². The topological polar surface area (TPSA) is 78.9 Å². The summed E-state index contributed by atoms with van der Waals surface area (Å²) in [6.07, 6.45) is 50.4. The van der Waals surface area contributed by atoms with Crippen molar-refractivity contribution in [1.82, 2.24) is 0 Å². The summed E-state index contributed by atoms with van der Waals surface area (Å²) in [6, 6.07) is 0. The van der Waals surface area contributed by atoms with E-state index >= 15 is 0 Å². The maximum absolute atomic E-state index is 12.8. The Labute approximate surface area is 354 Å². The number of hydrogen-bond acceptors (Lipinski definition) is 6. The Hall–Kier alpha value is -1.85. The minimum absolute atomic E-state index is 0.0684. The number of rotatable bonds is 46. The lowest BCUT2D eigenvalue weighted by molar-refractivity contribution is -0.167. The molecular formula is C51H96O6. The van der Waals surface area contributed by atoms with E-state index in [0.29, 0.717) is 19.3 Å². The van der Waals surface area contributed by atoms with E-state index in [1.165, 1.54) is 173 Å². The van der Waals surface area contributed by atoms with E-state index in [2.05, 4.69) is 32.9 Å². The molecule has 0 atom stereocenters. The van der Waals surface area contributed by atoms with E-state index in [1.54, 1.807) is 0 Å². The summed E-state index contributed by atoms with van der Waals surface area (Å²) in [4.78, 5) is 37.9. The van der Waals surface area contributed by atoms with Crippen LogP contribution in [0.3, 0.4) is 0 Å². The number of hydrogen-bond donors (Lipinski definition) is 0. The van der Waals surface area contributed by atoms with Crippen LogP contribution < -0.4 is 0 Å². The van der Waals surface area contributed by atoms with Gasteiger partial charge in [-0.05, 0) is 44.9 Å². The monoisotopic (exact) mass is 805 g/mol. The van der Waals surface area contributed by atoms with Crippen LogP contribution in [0.2, 0.25) is 0 Å². The molecule has 336 valence electrons. The van der Waals surface area contributed by atoms with Crippen LogP contribution >= 0.6 is 0 Å². The molecular weight excluding hydrogens is 709 g/mol. The second-order valence-electron chi connectivity index (χ2n) is 17.1. The van der Waals surface area contributed by atoms with Gasteiger partial charge in [-0.2, -0.15) is 0 Å². The molecule has 0 saturated heterocycles. The lowest BCUT2D eigenvalue weighted by Gasteiger charge is -2.18. The summed E-state index contributed by atoms with van der Waals surface area (Å²) in [5, 5.41) is 0. The first-order valence-corrected chi connectivity index (χ1v) is 25.2. The zero-order valence-electron chi connectivity index (χ0n) is 38.4. The maximum Gasteiger partial charge on any atom is 0.306 e. The predicted molar refractivity (Wildman–Crippen MR) is 243 cm³/mol. The molecule has 0 aliphatic carbocycles. The van der Waals surface area contributed by atoms with Crippen molar-refractivity contribution in [3.05, 3.63) is 12.2 Å². The number of allylic oxidation sites excluding steroid dienone is 2. The van der Waals surface area contributed by atoms with Crippen molar-refractivity contribution in [3.8, 4) is 0 Å². The standard InChI is InChI=1S/C51H96O6/c1-4-7-10-13-16-19-22-25-26-27-30-33-36-39-42-45-51(54)57-48(46-55-49(52)43-40-37-34-31-28-23-20-17-14-11-8-5-2)47-56-50(53)44-41-38-35-32-29-24-21-18-15-12-9-6-3/h25-26,48H,4-24,27-47H2,1-3H3/b26-25-. The first-order chi connectivity index (χ1) is 28.0. The van der Waals surface area contributed by atoms with Crippen molar-refractivity contribution in [3.63, 3.8) is 0 Å². The minimum atomic E-state index is -0.766. The molecule has 0 fully saturated rings. The van der Waals surface area contributed by atoms with Crippen LogP contribution in [-0.2, 0) is 28.6 Å². The predicted octanol–water partition coefficient (Wildman–Crippen LogP) is 16.2. The third-order valence-corrected chi connectivity index (χ3v) is 11.3. The smallest absolute Gasteiger partial charge is 0.306 e. The molecule has 6 nitrogen and oxygen atoms in total. The zero-order chi connectivity index (χ0) is 41.5. The van der Waals surface area contributed by atoms with Gasteiger partial charge in [-0.3, -0.25) is 14.4 Å². The van der Waals surface area contributed by atoms with E-state index in [4.69, 9.17) is 14.2 Å². The fourth-order valence-corrected chi connectivity index (χ4v) is 7.44. The first-order valence-electron chi connectivity index (χ1n) is 25.2. The molecule has 0 aromatic carbocycles. The van der Waals surface area contributed by atoms with Crippen molar-refractivity contribution in [2.45, 2.75) is 284 Å². The molecule has 0 saturated carbocycles. The molecule has 0 rings (SSSR count). The normalized spacial score (nSPS) is 11.5. The van der Waals surface area contributed by atoms with Crippen molar-refractivity contribution in [1.29, 1.82) is 0 Å². The summed E-state index contributed by atoms with van der Waals surface area (Å²) >= 11 is 0. The summed E-state index contributed by atoms with van der Waals surface area (Å²) in [6.45, 7) is 6.64. The highest BCUT2D eigenvalue weighted by Crippen LogP contribution is 2.16. The maximum atomic E-state index is 12.8. The Bertz CT molecular complexity index is 841. The van der Waals surface area contributed by atoms with Crippen LogP contribution in [0.25, 0.3) is 0 Å². The molecule has 0 aromatic heterocycles. The van der Waals surface area contributed by atoms with E-state index in [0.717, 1.165) is 64.2 Å². The van der Waals surface area contributed by atoms with Crippen molar-refractivity contribution in [2.75, 3.05) is 13.2 Å². The average molecular weight is 805 g/mol. The second kappa shape index (κ2) is 46.8. The average Bonchev–Trinajstić information content (AvgIpc) is 3.21. The van der Waals surface area contributed by atoms with Crippen LogP contribution in [0, 0.1) is 0 Å². The quantitative estimate of drug-likeness (QED) is 0.0264. The highest BCUT2D eigenvalue weighted by molar-refractivity contribution is 5.71. The zero-order valence-corrected chi connectivity index (χ0v) is 38.4. The van der Waals surface area contributed by atoms with Crippen molar-refractivity contribution < 1.29 is 28.6 Å². The van der Waals surface area contributed by atoms with Gasteiger partial charge in [-0.15, -0.1) is 0 Å². The summed E-state index contributed by atoms with van der Waals surface area (Å²) in [7, 11) is 0. The highest BCUT2D eigenvalue weighted by atomic mass is 16.6. The van der Waals surface area contributed by atoms with Gasteiger partial charge in [-0.1, -0.05) is 226 Å². The molecule has 0 unspecified atom stereocenters. The van der Waals surface area contributed by atoms with Gasteiger partial charge < -0.3 is 14.2 Å². The van der Waals surface area contributed by atoms with Gasteiger partial charge in [0.2, 0.25) is 0 Å². The lowest BCUT2D eigenvalue weighted by atomic mass is 10.0. The van der Waals surface area contributed by atoms with E-state index in [-0.39, 0.29) is 31.1 Å². The van der Waals surface area contributed by atoms with Crippen LogP contribution in [0.4, 0.5) is 0 Å². The number of ether oxygens (including phenoxy) is 3. The van der Waals surface area contributed by atoms with Crippen LogP contribution in [0.15, 0.2) is 12.2 Å². The Morgan fingerprint density at radius 3 is 0.877 bits per heavy atom. The van der Waals surface area contributed by atoms with Gasteiger partial charge in [0.1, 0.15) is 13.2 Å². The summed E-state index contributed by atoms with van der Waals surface area (Å²) in [5.41, 5.74) is 0. The molecule has 0 aliphatic heterocycles. The Balaban J connectivity index is 4.34. The third-order valence-electron chi connectivity index (χ3n) is 11.3. The van der Waals surface area contributed by atoms with Crippen molar-refractivity contribution >= 4 is 17.9 Å². The van der Waals surface area contributed by atoms with Gasteiger partial charge in [0.05, 0.1) is 0 Å². The fourth-order valence-electron chi connectivity index (χ4n) is 7.44. The summed E-state index contributed by atoms with van der Waals surface area (Å²) < 4.78 is 16.8. The Kier molecular flexibility index (Phi) is 45.3. The molecule has 0 amide bonds. The molecule has 0 N–H and O–H groups in total. The Morgan fingerprint density at radius 2 is 0.579 bits per heavy atom. The van der Waals surface area contributed by atoms with E-state index in [9.17, 15) is 14.4 Å². The summed E-state index contributed by atoms with van der Waals surface area (Å²) in [5.74, 6) is -0.863. The Morgan fingerprint density at radius 1 is 0.333 bits per heavy atom. The molecule has 57 heavy (non-hydrogen) atoms. The number of unbranched alkanes of at least 4 members (excludes halogenated alkanes) is 33. The highest BCUT2D eigenvalue weighted by Gasteiger charge is 2.19. The van der Waals surface area contributed by atoms with E-state index < -0.39 is 6.10 Å². The molecule has 0 aliphatic rings. The third kappa shape index (κ3) is 45.1. The SMILES string of the molecule is CCCCCCCC/C=C\CCCCCCCC(=O)OC(COC(=O)CCCCCCCCCCCCCC)COC(=O)CCCCCCCCCCCCCC. The van der Waals surface area contributed by atoms with E-state index in [1.807, 2.05) is 0 Å². The molecule has 0 spiro atoms. The number of carbonyl (C=O) groups excluding carboxylic acids is 3. The number of esters is 3.